The van der Waals surface area contributed by atoms with Crippen LogP contribution in [0.25, 0.3) is 22.2 Å². The number of fused-ring (bicyclic) bond motifs is 1. The summed E-state index contributed by atoms with van der Waals surface area (Å²) in [6, 6.07) is 16.9. The maximum Gasteiger partial charge on any atom is 0.223 e. The van der Waals surface area contributed by atoms with E-state index < -0.39 is 0 Å². The third-order valence-corrected chi connectivity index (χ3v) is 6.36. The van der Waals surface area contributed by atoms with Crippen molar-refractivity contribution in [2.45, 2.75) is 38.8 Å². The molecule has 0 unspecified atom stereocenters. The van der Waals surface area contributed by atoms with Gasteiger partial charge in [-0.25, -0.2) is 4.98 Å². The van der Waals surface area contributed by atoms with Gasteiger partial charge in [-0.05, 0) is 48.9 Å². The Kier molecular flexibility index (Phi) is 5.28. The summed E-state index contributed by atoms with van der Waals surface area (Å²) in [7, 11) is 0. The van der Waals surface area contributed by atoms with Gasteiger partial charge in [0.25, 0.3) is 0 Å². The van der Waals surface area contributed by atoms with E-state index in [1.165, 1.54) is 5.56 Å². The van der Waals surface area contributed by atoms with Gasteiger partial charge in [0.05, 0.1) is 23.6 Å². The molecule has 1 aliphatic heterocycles. The third-order valence-electron chi connectivity index (χ3n) is 6.36. The van der Waals surface area contributed by atoms with E-state index in [0.717, 1.165) is 48.1 Å². The van der Waals surface area contributed by atoms with Crippen molar-refractivity contribution in [3.8, 4) is 11.1 Å². The fourth-order valence-corrected chi connectivity index (χ4v) is 4.74. The summed E-state index contributed by atoms with van der Waals surface area (Å²) >= 11 is 0. The van der Waals surface area contributed by atoms with Crippen molar-refractivity contribution in [3.63, 3.8) is 0 Å². The number of likely N-dealkylation sites (tertiary alicyclic amines) is 1. The third kappa shape index (κ3) is 4.10. The molecule has 1 saturated heterocycles. The van der Waals surface area contributed by atoms with Crippen molar-refractivity contribution in [1.29, 1.82) is 0 Å². The van der Waals surface area contributed by atoms with Gasteiger partial charge in [-0.15, -0.1) is 0 Å². The van der Waals surface area contributed by atoms with Gasteiger partial charge in [-0.3, -0.25) is 9.89 Å². The zero-order chi connectivity index (χ0) is 21.2. The second-order valence-electron chi connectivity index (χ2n) is 8.57. The molecule has 0 saturated carbocycles. The Balaban J connectivity index is 1.23. The molecule has 0 spiro atoms. The number of carbonyl (C=O) groups is 1. The monoisotopic (exact) mass is 413 g/mol. The lowest BCUT2D eigenvalue weighted by Crippen LogP contribution is -2.34. The molecule has 2 atom stereocenters. The van der Waals surface area contributed by atoms with Crippen LogP contribution in [0, 0.1) is 5.92 Å². The van der Waals surface area contributed by atoms with Gasteiger partial charge in [-0.1, -0.05) is 36.4 Å². The summed E-state index contributed by atoms with van der Waals surface area (Å²) in [5.41, 5.74) is 5.51. The van der Waals surface area contributed by atoms with Crippen molar-refractivity contribution in [2.75, 3.05) is 6.54 Å². The first kappa shape index (κ1) is 19.5. The Morgan fingerprint density at radius 3 is 2.84 bits per heavy atom. The van der Waals surface area contributed by atoms with Crippen LogP contribution in [0.3, 0.4) is 0 Å². The van der Waals surface area contributed by atoms with Crippen LogP contribution in [0.2, 0.25) is 0 Å². The molecule has 0 radical (unpaired) electrons. The van der Waals surface area contributed by atoms with Gasteiger partial charge >= 0.3 is 0 Å². The van der Waals surface area contributed by atoms with Crippen LogP contribution in [0.1, 0.15) is 25.3 Å². The molecule has 0 bridgehead atoms. The molecule has 31 heavy (non-hydrogen) atoms. The number of aromatic nitrogens is 4. The molecule has 1 aliphatic rings. The van der Waals surface area contributed by atoms with E-state index in [0.29, 0.717) is 12.3 Å². The van der Waals surface area contributed by atoms with Crippen LogP contribution in [-0.2, 0) is 17.8 Å². The van der Waals surface area contributed by atoms with Gasteiger partial charge in [0.15, 0.2) is 0 Å². The molecule has 6 nitrogen and oxygen atoms in total. The molecular formula is C25H27N5O. The van der Waals surface area contributed by atoms with E-state index in [-0.39, 0.29) is 11.9 Å². The minimum absolute atomic E-state index is 0.263. The van der Waals surface area contributed by atoms with E-state index in [4.69, 9.17) is 0 Å². The van der Waals surface area contributed by atoms with E-state index in [1.54, 1.807) is 0 Å². The predicted octanol–water partition coefficient (Wildman–Crippen LogP) is 4.30. The molecule has 0 aliphatic carbocycles. The van der Waals surface area contributed by atoms with Crippen molar-refractivity contribution in [1.82, 2.24) is 24.6 Å². The number of nitrogens with one attached hydrogen (secondary N) is 1. The molecule has 1 N–H and O–H groups in total. The SMILES string of the molecule is C[C@H]1C[C@@H](Cn2cnc3cc(-c4cn[nH]c4)ccc32)CN1C(=O)CCc1ccccc1. The number of H-pyrrole nitrogens is 1. The summed E-state index contributed by atoms with van der Waals surface area (Å²) in [5, 5.41) is 6.89. The first-order valence-electron chi connectivity index (χ1n) is 10.9. The number of aromatic amines is 1. The zero-order valence-corrected chi connectivity index (χ0v) is 17.7. The molecule has 5 rings (SSSR count). The number of hydrogen-bond donors (Lipinski definition) is 1. The fourth-order valence-electron chi connectivity index (χ4n) is 4.74. The number of amides is 1. The van der Waals surface area contributed by atoms with Crippen LogP contribution in [0.4, 0.5) is 0 Å². The number of benzene rings is 2. The second kappa shape index (κ2) is 8.38. The van der Waals surface area contributed by atoms with Gasteiger partial charge in [-0.2, -0.15) is 5.10 Å². The number of aryl methyl sites for hydroxylation is 1. The summed E-state index contributed by atoms with van der Waals surface area (Å²) in [6.45, 7) is 3.87. The topological polar surface area (TPSA) is 66.8 Å². The normalized spacial score (nSPS) is 18.7. The summed E-state index contributed by atoms with van der Waals surface area (Å²) < 4.78 is 2.23. The molecule has 1 amide bonds. The lowest BCUT2D eigenvalue weighted by atomic mass is 10.1. The minimum Gasteiger partial charge on any atom is -0.340 e. The van der Waals surface area contributed by atoms with Gasteiger partial charge in [0.2, 0.25) is 5.91 Å². The summed E-state index contributed by atoms with van der Waals surface area (Å²) in [6.07, 6.45) is 8.05. The van der Waals surface area contributed by atoms with E-state index in [2.05, 4.69) is 61.9 Å². The predicted molar refractivity (Wildman–Crippen MR) is 121 cm³/mol. The average molecular weight is 414 g/mol. The minimum atomic E-state index is 0.263. The van der Waals surface area contributed by atoms with Gasteiger partial charge in [0.1, 0.15) is 0 Å². The number of carbonyl (C=O) groups excluding carboxylic acids is 1. The van der Waals surface area contributed by atoms with Crippen LogP contribution < -0.4 is 0 Å². The highest BCUT2D eigenvalue weighted by Crippen LogP contribution is 2.28. The maximum absolute atomic E-state index is 12.8. The van der Waals surface area contributed by atoms with Crippen LogP contribution >= 0.6 is 0 Å². The smallest absolute Gasteiger partial charge is 0.223 e. The molecule has 3 heterocycles. The number of nitrogens with zero attached hydrogens (tertiary/aromatic N) is 4. The largest absolute Gasteiger partial charge is 0.340 e. The van der Waals surface area contributed by atoms with Crippen molar-refractivity contribution >= 4 is 16.9 Å². The Hall–Kier alpha value is -3.41. The average Bonchev–Trinajstić information content (AvgIpc) is 3.53. The quantitative estimate of drug-likeness (QED) is 0.513. The first-order valence-corrected chi connectivity index (χ1v) is 10.9. The van der Waals surface area contributed by atoms with Crippen molar-refractivity contribution in [2.24, 2.45) is 5.92 Å². The molecule has 4 aromatic rings. The molecular weight excluding hydrogens is 386 g/mol. The molecule has 2 aromatic heterocycles. The van der Waals surface area contributed by atoms with E-state index in [9.17, 15) is 4.79 Å². The molecule has 1 fully saturated rings. The van der Waals surface area contributed by atoms with Crippen LogP contribution in [0.5, 0.6) is 0 Å². The highest BCUT2D eigenvalue weighted by molar-refractivity contribution is 5.82. The highest BCUT2D eigenvalue weighted by atomic mass is 16.2. The highest BCUT2D eigenvalue weighted by Gasteiger charge is 2.32. The summed E-state index contributed by atoms with van der Waals surface area (Å²) in [4.78, 5) is 19.5. The van der Waals surface area contributed by atoms with Crippen molar-refractivity contribution in [3.05, 3.63) is 72.8 Å². The van der Waals surface area contributed by atoms with Gasteiger partial charge in [0, 0.05) is 37.3 Å². The fraction of sp³-hybridized carbons (Fsp3) is 0.320. The summed E-state index contributed by atoms with van der Waals surface area (Å²) in [5.74, 6) is 0.709. The van der Waals surface area contributed by atoms with Crippen molar-refractivity contribution < 1.29 is 4.79 Å². The standard InChI is InChI=1S/C25H27N5O/c1-18-11-20(16-30(18)25(31)10-7-19-5-3-2-4-6-19)15-29-17-26-23-12-21(8-9-24(23)29)22-13-27-28-14-22/h2-6,8-9,12-14,17-18,20H,7,10-11,15-16H2,1H3,(H,27,28)/t18-,20-/m0/s1. The van der Waals surface area contributed by atoms with E-state index in [1.807, 2.05) is 36.9 Å². The van der Waals surface area contributed by atoms with Crippen LogP contribution in [0.15, 0.2) is 67.3 Å². The Morgan fingerprint density at radius 1 is 1.16 bits per heavy atom. The maximum atomic E-state index is 12.8. The Labute approximate surface area is 181 Å². The zero-order valence-electron chi connectivity index (χ0n) is 17.7. The Bertz CT molecular complexity index is 1170. The number of imidazole rings is 1. The van der Waals surface area contributed by atoms with Crippen LogP contribution in [-0.4, -0.2) is 43.1 Å². The van der Waals surface area contributed by atoms with E-state index >= 15 is 0 Å². The number of hydrogen-bond acceptors (Lipinski definition) is 3. The lowest BCUT2D eigenvalue weighted by molar-refractivity contribution is -0.131. The second-order valence-corrected chi connectivity index (χ2v) is 8.57. The first-order chi connectivity index (χ1) is 15.2. The lowest BCUT2D eigenvalue weighted by Gasteiger charge is -2.21. The molecule has 158 valence electrons. The van der Waals surface area contributed by atoms with Gasteiger partial charge < -0.3 is 9.47 Å². The Morgan fingerprint density at radius 2 is 2.03 bits per heavy atom. The molecule has 6 heteroatoms. The molecule has 2 aromatic carbocycles. The number of rotatable bonds is 6.